The number of nitrogens with zero attached hydrogens (tertiary/aromatic N) is 1. The van der Waals surface area contributed by atoms with Crippen LogP contribution in [0.15, 0.2) is 176 Å². The summed E-state index contributed by atoms with van der Waals surface area (Å²) in [6, 6.07) is 64.3. The van der Waals surface area contributed by atoms with Crippen LogP contribution in [-0.4, -0.2) is 0 Å². The Hall–Kier alpha value is -5.92. The van der Waals surface area contributed by atoms with Crippen LogP contribution in [-0.2, 0) is 5.41 Å². The summed E-state index contributed by atoms with van der Waals surface area (Å²) < 4.78 is 0. The quantitative estimate of drug-likeness (QED) is 0.175. The molecule has 0 saturated carbocycles. The molecule has 0 saturated heterocycles. The lowest BCUT2D eigenvalue weighted by molar-refractivity contribution is 0.661. The van der Waals surface area contributed by atoms with E-state index in [1.54, 1.807) is 0 Å². The van der Waals surface area contributed by atoms with E-state index in [-0.39, 0.29) is 5.41 Å². The zero-order valence-corrected chi connectivity index (χ0v) is 27.2. The summed E-state index contributed by atoms with van der Waals surface area (Å²) >= 11 is 0. The molecule has 0 N–H and O–H groups in total. The molecule has 0 aromatic heterocycles. The summed E-state index contributed by atoms with van der Waals surface area (Å²) in [5.74, 6) is 0. The first-order chi connectivity index (χ1) is 23.6. The third kappa shape index (κ3) is 4.54. The van der Waals surface area contributed by atoms with Gasteiger partial charge in [0.2, 0.25) is 0 Å². The lowest BCUT2D eigenvalue weighted by Crippen LogP contribution is -2.15. The second-order valence-corrected chi connectivity index (χ2v) is 13.4. The molecule has 1 aliphatic rings. The van der Waals surface area contributed by atoms with Crippen LogP contribution < -0.4 is 4.90 Å². The molecule has 9 rings (SSSR count). The summed E-state index contributed by atoms with van der Waals surface area (Å²) in [4.78, 5) is 2.43. The molecule has 1 nitrogen and oxygen atoms in total. The lowest BCUT2D eigenvalue weighted by Gasteiger charge is -2.28. The monoisotopic (exact) mass is 613 g/mol. The molecular weight excluding hydrogens is 579 g/mol. The van der Waals surface area contributed by atoms with Crippen molar-refractivity contribution in [3.8, 4) is 33.4 Å². The molecule has 8 aromatic rings. The van der Waals surface area contributed by atoms with Gasteiger partial charge in [0.15, 0.2) is 0 Å². The molecule has 0 bridgehead atoms. The molecule has 1 aliphatic carbocycles. The zero-order chi connectivity index (χ0) is 32.2. The van der Waals surface area contributed by atoms with Gasteiger partial charge in [-0.2, -0.15) is 0 Å². The van der Waals surface area contributed by atoms with E-state index in [4.69, 9.17) is 0 Å². The van der Waals surface area contributed by atoms with E-state index in [1.165, 1.54) is 71.7 Å². The SMILES string of the molecule is CC1(C)c2ccccc2-c2cc3ccc4cccc(N(c5ccc(-c6ccccc6)cc5)c5ccc(-c6ccccc6)cc5)c4c3cc21. The zero-order valence-electron chi connectivity index (χ0n) is 27.2. The Morgan fingerprint density at radius 1 is 0.396 bits per heavy atom. The largest absolute Gasteiger partial charge is 0.310 e. The predicted octanol–water partition coefficient (Wildman–Crippen LogP) is 13.1. The van der Waals surface area contributed by atoms with Crippen molar-refractivity contribution in [1.29, 1.82) is 0 Å². The minimum atomic E-state index is -0.0720. The predicted molar refractivity (Wildman–Crippen MR) is 205 cm³/mol. The molecule has 228 valence electrons. The van der Waals surface area contributed by atoms with Gasteiger partial charge in [-0.15, -0.1) is 0 Å². The summed E-state index contributed by atoms with van der Waals surface area (Å²) in [5, 5.41) is 5.05. The van der Waals surface area contributed by atoms with Gasteiger partial charge in [-0.05, 0) is 103 Å². The summed E-state index contributed by atoms with van der Waals surface area (Å²) in [6.07, 6.45) is 0. The van der Waals surface area contributed by atoms with Crippen LogP contribution in [0.3, 0.4) is 0 Å². The third-order valence-electron chi connectivity index (χ3n) is 10.2. The third-order valence-corrected chi connectivity index (χ3v) is 10.2. The summed E-state index contributed by atoms with van der Waals surface area (Å²) in [6.45, 7) is 4.73. The van der Waals surface area contributed by atoms with Gasteiger partial charge in [-0.3, -0.25) is 0 Å². The summed E-state index contributed by atoms with van der Waals surface area (Å²) in [7, 11) is 0. The highest BCUT2D eigenvalue weighted by Gasteiger charge is 2.35. The Balaban J connectivity index is 1.26. The van der Waals surface area contributed by atoms with E-state index < -0.39 is 0 Å². The first-order valence-electron chi connectivity index (χ1n) is 16.8. The number of anilines is 3. The molecule has 0 unspecified atom stereocenters. The van der Waals surface area contributed by atoms with Crippen molar-refractivity contribution in [3.63, 3.8) is 0 Å². The van der Waals surface area contributed by atoms with Crippen molar-refractivity contribution in [1.82, 2.24) is 0 Å². The second-order valence-electron chi connectivity index (χ2n) is 13.4. The maximum atomic E-state index is 2.48. The smallest absolute Gasteiger partial charge is 0.0546 e. The molecular formula is C47H35N. The number of fused-ring (bicyclic) bond motifs is 6. The molecule has 0 heterocycles. The van der Waals surface area contributed by atoms with Gasteiger partial charge in [0.25, 0.3) is 0 Å². The molecule has 48 heavy (non-hydrogen) atoms. The fourth-order valence-corrected chi connectivity index (χ4v) is 7.77. The number of hydrogen-bond acceptors (Lipinski definition) is 1. The van der Waals surface area contributed by atoms with Crippen molar-refractivity contribution in [2.75, 3.05) is 4.90 Å². The number of hydrogen-bond donors (Lipinski definition) is 0. The average Bonchev–Trinajstić information content (AvgIpc) is 3.37. The Kier molecular flexibility index (Phi) is 6.55. The normalized spacial score (nSPS) is 13.0. The van der Waals surface area contributed by atoms with Crippen LogP contribution in [0.1, 0.15) is 25.0 Å². The van der Waals surface area contributed by atoms with Crippen LogP contribution in [0.2, 0.25) is 0 Å². The lowest BCUT2D eigenvalue weighted by atomic mass is 9.81. The van der Waals surface area contributed by atoms with Crippen molar-refractivity contribution in [3.05, 3.63) is 187 Å². The van der Waals surface area contributed by atoms with Gasteiger partial charge in [-0.1, -0.05) is 147 Å². The molecule has 0 spiro atoms. The van der Waals surface area contributed by atoms with Gasteiger partial charge in [-0.25, -0.2) is 0 Å². The van der Waals surface area contributed by atoms with E-state index in [1.807, 2.05) is 0 Å². The van der Waals surface area contributed by atoms with Crippen LogP contribution in [0.25, 0.3) is 54.9 Å². The molecule has 1 heteroatoms. The van der Waals surface area contributed by atoms with E-state index in [2.05, 4.69) is 195 Å². The molecule has 0 atom stereocenters. The van der Waals surface area contributed by atoms with Crippen LogP contribution >= 0.6 is 0 Å². The van der Waals surface area contributed by atoms with Crippen molar-refractivity contribution in [2.45, 2.75) is 19.3 Å². The average molecular weight is 614 g/mol. The van der Waals surface area contributed by atoms with Crippen LogP contribution in [0, 0.1) is 0 Å². The van der Waals surface area contributed by atoms with Gasteiger partial charge in [0.1, 0.15) is 0 Å². The highest BCUT2D eigenvalue weighted by atomic mass is 15.1. The Morgan fingerprint density at radius 3 is 1.56 bits per heavy atom. The van der Waals surface area contributed by atoms with E-state index in [0.717, 1.165) is 11.4 Å². The van der Waals surface area contributed by atoms with Crippen molar-refractivity contribution in [2.24, 2.45) is 0 Å². The van der Waals surface area contributed by atoms with Crippen LogP contribution in [0.4, 0.5) is 17.1 Å². The molecule has 0 aliphatic heterocycles. The van der Waals surface area contributed by atoms with Gasteiger partial charge >= 0.3 is 0 Å². The van der Waals surface area contributed by atoms with E-state index in [0.29, 0.717) is 0 Å². The van der Waals surface area contributed by atoms with Gasteiger partial charge in [0.05, 0.1) is 5.69 Å². The fraction of sp³-hybridized carbons (Fsp3) is 0.0638. The molecule has 0 fully saturated rings. The first-order valence-corrected chi connectivity index (χ1v) is 16.8. The van der Waals surface area contributed by atoms with Crippen molar-refractivity contribution < 1.29 is 0 Å². The Morgan fingerprint density at radius 2 is 0.938 bits per heavy atom. The van der Waals surface area contributed by atoms with Gasteiger partial charge in [0, 0.05) is 22.2 Å². The molecule has 0 amide bonds. The molecule has 8 aromatic carbocycles. The minimum Gasteiger partial charge on any atom is -0.310 e. The highest BCUT2D eigenvalue weighted by molar-refractivity contribution is 6.16. The van der Waals surface area contributed by atoms with E-state index >= 15 is 0 Å². The topological polar surface area (TPSA) is 3.24 Å². The first kappa shape index (κ1) is 28.3. The number of rotatable bonds is 5. The maximum Gasteiger partial charge on any atom is 0.0546 e. The fourth-order valence-electron chi connectivity index (χ4n) is 7.77. The Bertz CT molecular complexity index is 2360. The summed E-state index contributed by atoms with van der Waals surface area (Å²) in [5.41, 5.74) is 13.7. The maximum absolute atomic E-state index is 2.48. The second kappa shape index (κ2) is 11.1. The van der Waals surface area contributed by atoms with Gasteiger partial charge < -0.3 is 4.90 Å². The Labute approximate surface area is 282 Å². The van der Waals surface area contributed by atoms with E-state index in [9.17, 15) is 0 Å². The standard InChI is InChI=1S/C47H35N/c1-47(2)43-18-10-9-17-40(43)42-30-37-21-20-36-16-11-19-45(46(36)41(37)31-44(42)47)48(38-26-22-34(23-27-38)32-12-5-3-6-13-32)39-28-24-35(25-29-39)33-14-7-4-8-15-33/h3-31H,1-2H3. The van der Waals surface area contributed by atoms with Crippen molar-refractivity contribution >= 4 is 38.6 Å². The minimum absolute atomic E-state index is 0.0720. The highest BCUT2D eigenvalue weighted by Crippen LogP contribution is 2.51. The van der Waals surface area contributed by atoms with Crippen LogP contribution in [0.5, 0.6) is 0 Å². The molecule has 0 radical (unpaired) electrons. The number of benzene rings is 8.